The molecule has 2 atom stereocenters. The highest BCUT2D eigenvalue weighted by Crippen LogP contribution is 2.21. The van der Waals surface area contributed by atoms with Crippen LogP contribution in [-0.4, -0.2) is 92.9 Å². The molecule has 0 radical (unpaired) electrons. The van der Waals surface area contributed by atoms with Crippen LogP contribution < -0.4 is 0 Å². The van der Waals surface area contributed by atoms with Crippen molar-refractivity contribution >= 4 is 29.2 Å². The molecule has 2 unspecified atom stereocenters. The molecule has 2 N–H and O–H groups in total. The van der Waals surface area contributed by atoms with Crippen LogP contribution in [0.25, 0.3) is 11.0 Å². The van der Waals surface area contributed by atoms with Crippen LogP contribution in [0.3, 0.4) is 0 Å². The smallest absolute Gasteiger partial charge is 0.253 e. The predicted octanol–water partition coefficient (Wildman–Crippen LogP) is 7.42. The number of aromatic amines is 2. The zero-order chi connectivity index (χ0) is 33.8. The molecule has 254 valence electrons. The number of aromatic nitrogens is 4. The highest BCUT2D eigenvalue weighted by molar-refractivity contribution is 7.71. The summed E-state index contributed by atoms with van der Waals surface area (Å²) in [6.45, 7) is 12.4. The SMILES string of the molecule is CC(C)CC(CCN(CCC(CC(C)C)N(C)CCc1ccccn1)C(=O)c1ccc2[nH]c(=S)[nH]c2c1)N(C)CCc1ccccn1. The first kappa shape index (κ1) is 36.4. The zero-order valence-electron chi connectivity index (χ0n) is 29.3. The van der Waals surface area contributed by atoms with E-state index in [9.17, 15) is 4.79 Å². The number of hydrogen-bond acceptors (Lipinski definition) is 6. The van der Waals surface area contributed by atoms with Crippen LogP contribution in [0.2, 0.25) is 0 Å². The Bertz CT molecular complexity index is 1490. The van der Waals surface area contributed by atoms with E-state index >= 15 is 0 Å². The Morgan fingerprint density at radius 3 is 1.70 bits per heavy atom. The third-order valence-electron chi connectivity index (χ3n) is 9.14. The lowest BCUT2D eigenvalue weighted by Gasteiger charge is -2.34. The van der Waals surface area contributed by atoms with Gasteiger partial charge in [-0.1, -0.05) is 39.8 Å². The minimum atomic E-state index is 0.0753. The number of carbonyl (C=O) groups is 1. The molecule has 0 saturated carbocycles. The van der Waals surface area contributed by atoms with Gasteiger partial charge < -0.3 is 24.7 Å². The second-order valence-electron chi connectivity index (χ2n) is 13.9. The summed E-state index contributed by atoms with van der Waals surface area (Å²) in [5, 5.41) is 0. The summed E-state index contributed by atoms with van der Waals surface area (Å²) in [5.74, 6) is 1.19. The maximum Gasteiger partial charge on any atom is 0.253 e. The van der Waals surface area contributed by atoms with Crippen molar-refractivity contribution in [1.29, 1.82) is 0 Å². The number of fused-ring (bicyclic) bond motifs is 1. The van der Waals surface area contributed by atoms with Crippen LogP contribution >= 0.6 is 12.2 Å². The van der Waals surface area contributed by atoms with Gasteiger partial charge >= 0.3 is 0 Å². The van der Waals surface area contributed by atoms with Gasteiger partial charge in [0, 0.05) is 80.4 Å². The molecule has 4 rings (SSSR count). The zero-order valence-corrected chi connectivity index (χ0v) is 30.1. The lowest BCUT2D eigenvalue weighted by Crippen LogP contribution is -2.42. The molecule has 4 aromatic rings. The fourth-order valence-corrected chi connectivity index (χ4v) is 6.66. The predicted molar refractivity (Wildman–Crippen MR) is 196 cm³/mol. The number of H-pyrrole nitrogens is 2. The molecule has 3 heterocycles. The van der Waals surface area contributed by atoms with E-state index in [1.165, 1.54) is 0 Å². The monoisotopic (exact) mass is 657 g/mol. The van der Waals surface area contributed by atoms with Crippen molar-refractivity contribution in [3.05, 3.63) is 88.7 Å². The number of benzene rings is 1. The molecule has 47 heavy (non-hydrogen) atoms. The average molecular weight is 658 g/mol. The van der Waals surface area contributed by atoms with E-state index in [1.54, 1.807) is 0 Å². The molecule has 0 aliphatic rings. The van der Waals surface area contributed by atoms with Crippen LogP contribution in [0.4, 0.5) is 0 Å². The van der Waals surface area contributed by atoms with Crippen molar-refractivity contribution in [3.63, 3.8) is 0 Å². The third-order valence-corrected chi connectivity index (χ3v) is 9.35. The van der Waals surface area contributed by atoms with E-state index in [0.29, 0.717) is 47.3 Å². The van der Waals surface area contributed by atoms with Crippen molar-refractivity contribution in [3.8, 4) is 0 Å². The molecule has 0 saturated heterocycles. The Balaban J connectivity index is 1.50. The highest BCUT2D eigenvalue weighted by atomic mass is 32.1. The number of amides is 1. The Labute approximate surface area is 287 Å². The summed E-state index contributed by atoms with van der Waals surface area (Å²) in [7, 11) is 4.44. The van der Waals surface area contributed by atoms with E-state index in [0.717, 1.165) is 74.0 Å². The molecule has 0 fully saturated rings. The second kappa shape index (κ2) is 18.2. The van der Waals surface area contributed by atoms with Crippen LogP contribution in [0.15, 0.2) is 67.0 Å². The van der Waals surface area contributed by atoms with Crippen LogP contribution in [-0.2, 0) is 12.8 Å². The van der Waals surface area contributed by atoms with Crippen molar-refractivity contribution in [1.82, 2.24) is 34.6 Å². The Hall–Kier alpha value is -3.40. The van der Waals surface area contributed by atoms with Crippen molar-refractivity contribution in [2.24, 2.45) is 11.8 Å². The summed E-state index contributed by atoms with van der Waals surface area (Å²) < 4.78 is 0.567. The van der Waals surface area contributed by atoms with Crippen molar-refractivity contribution in [2.45, 2.75) is 78.3 Å². The number of likely N-dealkylation sites (N-methyl/N-ethyl adjacent to an activating group) is 2. The fraction of sp³-hybridized carbons (Fsp3) is 0.526. The van der Waals surface area contributed by atoms with Crippen molar-refractivity contribution in [2.75, 3.05) is 40.3 Å². The van der Waals surface area contributed by atoms with Gasteiger partial charge in [-0.15, -0.1) is 0 Å². The topological polar surface area (TPSA) is 84.1 Å². The first-order valence-electron chi connectivity index (χ1n) is 17.3. The highest BCUT2D eigenvalue weighted by Gasteiger charge is 2.24. The lowest BCUT2D eigenvalue weighted by atomic mass is 9.98. The number of carbonyl (C=O) groups excluding carboxylic acids is 1. The first-order chi connectivity index (χ1) is 22.6. The number of nitrogens with zero attached hydrogens (tertiary/aromatic N) is 5. The standard InChI is InChI=1S/C38H55N7OS/c1-28(2)25-33(43(5)21-15-31-11-7-9-19-39-31)17-23-45(37(46)30-13-14-35-36(27-30)42-38(47)41-35)24-18-34(26-29(3)4)44(6)22-16-32-12-8-10-20-40-32/h7-14,19-20,27-29,33-34H,15-18,21-26H2,1-6H3,(H2,41,42,47). The molecular formula is C38H55N7OS. The largest absolute Gasteiger partial charge is 0.339 e. The molecule has 0 aliphatic heterocycles. The first-order valence-corrected chi connectivity index (χ1v) is 17.7. The lowest BCUT2D eigenvalue weighted by molar-refractivity contribution is 0.0708. The number of nitrogens with one attached hydrogen (secondary N) is 2. The molecule has 9 heteroatoms. The second-order valence-corrected chi connectivity index (χ2v) is 14.3. The van der Waals surface area contributed by atoms with Gasteiger partial charge in [-0.2, -0.15) is 0 Å². The number of hydrogen-bond donors (Lipinski definition) is 2. The summed E-state index contributed by atoms with van der Waals surface area (Å²) in [5.41, 5.74) is 4.69. The molecule has 3 aromatic heterocycles. The van der Waals surface area contributed by atoms with E-state index in [-0.39, 0.29) is 5.91 Å². The number of imidazole rings is 1. The number of pyridine rings is 2. The van der Waals surface area contributed by atoms with Gasteiger partial charge in [0.1, 0.15) is 0 Å². The summed E-state index contributed by atoms with van der Waals surface area (Å²) in [6.07, 6.45) is 9.56. The summed E-state index contributed by atoms with van der Waals surface area (Å²) >= 11 is 5.31. The quantitative estimate of drug-likeness (QED) is 0.102. The Kier molecular flexibility index (Phi) is 14.1. The van der Waals surface area contributed by atoms with Gasteiger partial charge in [-0.05, 0) is 106 Å². The molecule has 0 bridgehead atoms. The molecule has 0 spiro atoms. The Morgan fingerprint density at radius 1 is 0.723 bits per heavy atom. The summed E-state index contributed by atoms with van der Waals surface area (Å²) in [6, 6.07) is 18.8. The van der Waals surface area contributed by atoms with Crippen LogP contribution in [0.5, 0.6) is 0 Å². The Morgan fingerprint density at radius 2 is 1.23 bits per heavy atom. The molecule has 8 nitrogen and oxygen atoms in total. The van der Waals surface area contributed by atoms with Gasteiger partial charge in [0.2, 0.25) is 0 Å². The maximum atomic E-state index is 14.3. The van der Waals surface area contributed by atoms with Gasteiger partial charge in [0.05, 0.1) is 11.0 Å². The van der Waals surface area contributed by atoms with Crippen molar-refractivity contribution < 1.29 is 4.79 Å². The van der Waals surface area contributed by atoms with Gasteiger partial charge in [0.25, 0.3) is 5.91 Å². The number of rotatable bonds is 19. The average Bonchev–Trinajstić information content (AvgIpc) is 3.44. The van der Waals surface area contributed by atoms with E-state index in [1.807, 2.05) is 42.7 Å². The van der Waals surface area contributed by atoms with E-state index in [2.05, 4.69) is 101 Å². The minimum absolute atomic E-state index is 0.0753. The third kappa shape index (κ3) is 11.7. The van der Waals surface area contributed by atoms with Gasteiger partial charge in [-0.25, -0.2) is 0 Å². The van der Waals surface area contributed by atoms with Gasteiger partial charge in [-0.3, -0.25) is 14.8 Å². The maximum absolute atomic E-state index is 14.3. The van der Waals surface area contributed by atoms with E-state index < -0.39 is 0 Å². The van der Waals surface area contributed by atoms with E-state index in [4.69, 9.17) is 12.2 Å². The normalized spacial score (nSPS) is 13.2. The van der Waals surface area contributed by atoms with Gasteiger partial charge in [0.15, 0.2) is 4.77 Å². The molecular weight excluding hydrogens is 603 g/mol. The summed E-state index contributed by atoms with van der Waals surface area (Å²) in [4.78, 5) is 36.7. The minimum Gasteiger partial charge on any atom is -0.339 e. The molecule has 1 aromatic carbocycles. The molecule has 0 aliphatic carbocycles. The molecule has 1 amide bonds. The van der Waals surface area contributed by atoms with Crippen LogP contribution in [0, 0.1) is 16.6 Å². The fourth-order valence-electron chi connectivity index (χ4n) is 6.44. The van der Waals surface area contributed by atoms with Crippen LogP contribution in [0.1, 0.15) is 75.1 Å².